The molecule has 3 N–H and O–H groups in total. The van der Waals surface area contributed by atoms with Gasteiger partial charge in [-0.2, -0.15) is 13.2 Å². The summed E-state index contributed by atoms with van der Waals surface area (Å²) in [7, 11) is 3.10. The molecule has 1 aromatic rings. The Morgan fingerprint density at radius 2 is 2.11 bits per heavy atom. The third-order valence-corrected chi connectivity index (χ3v) is 2.14. The number of anilines is 2. The first-order chi connectivity index (χ1) is 8.38. The molecule has 0 aliphatic carbocycles. The van der Waals surface area contributed by atoms with Crippen molar-refractivity contribution in [3.05, 3.63) is 11.9 Å². The number of halogens is 3. The Morgan fingerprint density at radius 3 is 2.61 bits per heavy atom. The van der Waals surface area contributed by atoms with Crippen LogP contribution in [0, 0.1) is 0 Å². The van der Waals surface area contributed by atoms with Gasteiger partial charge in [0.2, 0.25) is 5.82 Å². The number of nitrogens with zero attached hydrogens (tertiary/aromatic N) is 3. The minimum absolute atomic E-state index is 0.100. The van der Waals surface area contributed by atoms with Crippen molar-refractivity contribution >= 4 is 11.6 Å². The highest BCUT2D eigenvalue weighted by Crippen LogP contribution is 2.28. The van der Waals surface area contributed by atoms with E-state index in [0.717, 1.165) is 0 Å². The summed E-state index contributed by atoms with van der Waals surface area (Å²) in [6.45, 7) is 0.766. The first-order valence-corrected chi connectivity index (χ1v) is 5.01. The molecule has 1 aromatic heterocycles. The van der Waals surface area contributed by atoms with E-state index in [0.29, 0.717) is 13.2 Å². The number of likely N-dealkylation sites (N-methyl/N-ethyl adjacent to an activating group) is 1. The van der Waals surface area contributed by atoms with Crippen molar-refractivity contribution < 1.29 is 17.9 Å². The topological polar surface area (TPSA) is 76.3 Å². The predicted octanol–water partition coefficient (Wildman–Crippen LogP) is 0.864. The van der Waals surface area contributed by atoms with Gasteiger partial charge in [-0.1, -0.05) is 0 Å². The molecule has 0 atom stereocenters. The van der Waals surface area contributed by atoms with Crippen LogP contribution in [0.15, 0.2) is 6.07 Å². The number of nitrogens with two attached hydrogens (primary N) is 1. The Labute approximate surface area is 102 Å². The van der Waals surface area contributed by atoms with E-state index < -0.39 is 12.0 Å². The minimum Gasteiger partial charge on any atom is -0.383 e. The van der Waals surface area contributed by atoms with Gasteiger partial charge in [0, 0.05) is 26.8 Å². The highest BCUT2D eigenvalue weighted by atomic mass is 19.4. The SMILES string of the molecule is COCCN(C)c1cc(NN)nc(C(F)(F)F)n1. The minimum atomic E-state index is -4.62. The van der Waals surface area contributed by atoms with Crippen LogP contribution in [0.3, 0.4) is 0 Å². The van der Waals surface area contributed by atoms with Crippen molar-refractivity contribution in [2.24, 2.45) is 5.84 Å². The van der Waals surface area contributed by atoms with Crippen LogP contribution in [0.2, 0.25) is 0 Å². The maximum absolute atomic E-state index is 12.6. The maximum Gasteiger partial charge on any atom is 0.451 e. The van der Waals surface area contributed by atoms with Crippen molar-refractivity contribution in [3.63, 3.8) is 0 Å². The van der Waals surface area contributed by atoms with Crippen molar-refractivity contribution in [2.75, 3.05) is 37.6 Å². The van der Waals surface area contributed by atoms with Gasteiger partial charge < -0.3 is 15.1 Å². The molecule has 1 heterocycles. The zero-order chi connectivity index (χ0) is 13.8. The van der Waals surface area contributed by atoms with Crippen molar-refractivity contribution in [1.82, 2.24) is 9.97 Å². The molecular weight excluding hydrogens is 251 g/mol. The van der Waals surface area contributed by atoms with Crippen LogP contribution < -0.4 is 16.2 Å². The molecule has 6 nitrogen and oxygen atoms in total. The monoisotopic (exact) mass is 265 g/mol. The lowest BCUT2D eigenvalue weighted by molar-refractivity contribution is -0.144. The number of nitrogens with one attached hydrogen (secondary N) is 1. The highest BCUT2D eigenvalue weighted by molar-refractivity contribution is 5.48. The fraction of sp³-hybridized carbons (Fsp3) is 0.556. The molecule has 0 saturated heterocycles. The third-order valence-electron chi connectivity index (χ3n) is 2.14. The van der Waals surface area contributed by atoms with Gasteiger partial charge in [0.1, 0.15) is 11.6 Å². The van der Waals surface area contributed by atoms with Gasteiger partial charge in [-0.3, -0.25) is 0 Å². The summed E-state index contributed by atoms with van der Waals surface area (Å²) in [5.74, 6) is 3.85. The molecule has 0 spiro atoms. The lowest BCUT2D eigenvalue weighted by atomic mass is 10.4. The van der Waals surface area contributed by atoms with Crippen molar-refractivity contribution in [3.8, 4) is 0 Å². The van der Waals surface area contributed by atoms with E-state index in [9.17, 15) is 13.2 Å². The molecule has 0 bridgehead atoms. The Balaban J connectivity index is 3.04. The van der Waals surface area contributed by atoms with E-state index in [1.807, 2.05) is 0 Å². The Morgan fingerprint density at radius 1 is 1.44 bits per heavy atom. The van der Waals surface area contributed by atoms with E-state index in [1.165, 1.54) is 18.1 Å². The second-order valence-electron chi connectivity index (χ2n) is 3.49. The zero-order valence-corrected chi connectivity index (χ0v) is 9.95. The summed E-state index contributed by atoms with van der Waals surface area (Å²) in [5.41, 5.74) is 2.08. The normalized spacial score (nSPS) is 11.4. The second-order valence-corrected chi connectivity index (χ2v) is 3.49. The second kappa shape index (κ2) is 5.83. The Bertz CT molecular complexity index is 398. The van der Waals surface area contributed by atoms with Crippen LogP contribution in [0.4, 0.5) is 24.8 Å². The van der Waals surface area contributed by atoms with Crippen LogP contribution >= 0.6 is 0 Å². The predicted molar refractivity (Wildman–Crippen MR) is 60.0 cm³/mol. The number of nitrogen functional groups attached to an aromatic ring is 1. The van der Waals surface area contributed by atoms with Crippen LogP contribution in [-0.4, -0.2) is 37.3 Å². The van der Waals surface area contributed by atoms with Gasteiger partial charge in [0.25, 0.3) is 0 Å². The summed E-state index contributed by atoms with van der Waals surface area (Å²) in [4.78, 5) is 8.21. The molecule has 1 rings (SSSR count). The maximum atomic E-state index is 12.6. The standard InChI is InChI=1S/C9H14F3N5O/c1-17(3-4-18-2)7-5-6(16-13)14-8(15-7)9(10,11)12/h5H,3-4,13H2,1-2H3,(H,14,15,16). The van der Waals surface area contributed by atoms with Crippen LogP contribution in [0.1, 0.15) is 5.82 Å². The average molecular weight is 265 g/mol. The smallest absolute Gasteiger partial charge is 0.383 e. The quantitative estimate of drug-likeness (QED) is 0.607. The number of hydrazine groups is 1. The first-order valence-electron chi connectivity index (χ1n) is 5.01. The van der Waals surface area contributed by atoms with Crippen LogP contribution in [0.5, 0.6) is 0 Å². The number of aromatic nitrogens is 2. The summed E-state index contributed by atoms with van der Waals surface area (Å²) in [5, 5.41) is 0. The van der Waals surface area contributed by atoms with E-state index in [2.05, 4.69) is 15.4 Å². The van der Waals surface area contributed by atoms with Crippen LogP contribution in [0.25, 0.3) is 0 Å². The fourth-order valence-corrected chi connectivity index (χ4v) is 1.17. The summed E-state index contributed by atoms with van der Waals surface area (Å²) < 4.78 is 42.5. The molecule has 0 saturated carbocycles. The number of methoxy groups -OCH3 is 1. The lowest BCUT2D eigenvalue weighted by Gasteiger charge is -2.19. The molecule has 0 aliphatic heterocycles. The van der Waals surface area contributed by atoms with E-state index >= 15 is 0 Å². The lowest BCUT2D eigenvalue weighted by Crippen LogP contribution is -2.25. The van der Waals surface area contributed by atoms with Gasteiger partial charge in [-0.25, -0.2) is 15.8 Å². The van der Waals surface area contributed by atoms with Crippen LogP contribution in [-0.2, 0) is 10.9 Å². The van der Waals surface area contributed by atoms with Gasteiger partial charge in [-0.05, 0) is 0 Å². The molecule has 0 amide bonds. The largest absolute Gasteiger partial charge is 0.451 e. The molecule has 9 heteroatoms. The van der Waals surface area contributed by atoms with E-state index in [-0.39, 0.29) is 11.6 Å². The summed E-state index contributed by atoms with van der Waals surface area (Å²) >= 11 is 0. The van der Waals surface area contributed by atoms with Gasteiger partial charge in [0.15, 0.2) is 0 Å². The zero-order valence-electron chi connectivity index (χ0n) is 9.95. The van der Waals surface area contributed by atoms with Gasteiger partial charge in [0.05, 0.1) is 6.61 Å². The number of hydrogen-bond acceptors (Lipinski definition) is 6. The molecule has 18 heavy (non-hydrogen) atoms. The molecular formula is C9H14F3N5O. The average Bonchev–Trinajstić information content (AvgIpc) is 2.34. The number of hydrogen-bond donors (Lipinski definition) is 2. The molecule has 0 fully saturated rings. The molecule has 102 valence electrons. The van der Waals surface area contributed by atoms with E-state index in [4.69, 9.17) is 10.6 Å². The van der Waals surface area contributed by atoms with Crippen molar-refractivity contribution in [2.45, 2.75) is 6.18 Å². The first kappa shape index (κ1) is 14.5. The number of rotatable bonds is 5. The van der Waals surface area contributed by atoms with Crippen molar-refractivity contribution in [1.29, 1.82) is 0 Å². The summed E-state index contributed by atoms with van der Waals surface area (Å²) in [6, 6.07) is 1.32. The number of alkyl halides is 3. The van der Waals surface area contributed by atoms with E-state index in [1.54, 1.807) is 7.05 Å². The van der Waals surface area contributed by atoms with Gasteiger partial charge >= 0.3 is 6.18 Å². The molecule has 0 radical (unpaired) electrons. The molecule has 0 aliphatic rings. The number of ether oxygens (including phenoxy) is 1. The highest BCUT2D eigenvalue weighted by Gasteiger charge is 2.35. The fourth-order valence-electron chi connectivity index (χ4n) is 1.17. The molecule has 0 aromatic carbocycles. The van der Waals surface area contributed by atoms with Gasteiger partial charge in [-0.15, -0.1) is 0 Å². The summed E-state index contributed by atoms with van der Waals surface area (Å²) in [6.07, 6.45) is -4.62. The third kappa shape index (κ3) is 3.70. The Kier molecular flexibility index (Phi) is 4.68. The molecule has 0 unspecified atom stereocenters. The Hall–Kier alpha value is -1.61.